The molecule has 0 radical (unpaired) electrons. The standard InChI is InChI=1S/C12H20N2/c1-3-10-5-7-11(8-6-10)9-12(4-2)14-13/h5-8,12,14H,3-4,9,13H2,1-2H3. The summed E-state index contributed by atoms with van der Waals surface area (Å²) in [6.45, 7) is 4.32. The van der Waals surface area contributed by atoms with Crippen molar-refractivity contribution in [2.45, 2.75) is 39.2 Å². The van der Waals surface area contributed by atoms with Crippen LogP contribution in [-0.2, 0) is 12.8 Å². The number of hydrazine groups is 1. The molecule has 0 fully saturated rings. The second-order valence-electron chi connectivity index (χ2n) is 3.65. The van der Waals surface area contributed by atoms with Crippen LogP contribution >= 0.6 is 0 Å². The predicted molar refractivity (Wildman–Crippen MR) is 60.9 cm³/mol. The summed E-state index contributed by atoms with van der Waals surface area (Å²) in [6, 6.07) is 9.16. The van der Waals surface area contributed by atoms with E-state index < -0.39 is 0 Å². The molecule has 1 aromatic carbocycles. The molecule has 0 aliphatic heterocycles. The van der Waals surface area contributed by atoms with Gasteiger partial charge < -0.3 is 0 Å². The molecule has 3 N–H and O–H groups in total. The number of benzene rings is 1. The third kappa shape index (κ3) is 3.13. The molecule has 2 nitrogen and oxygen atoms in total. The van der Waals surface area contributed by atoms with E-state index in [4.69, 9.17) is 5.84 Å². The van der Waals surface area contributed by atoms with Crippen LogP contribution in [0.2, 0.25) is 0 Å². The normalized spacial score (nSPS) is 12.8. The van der Waals surface area contributed by atoms with Gasteiger partial charge in [-0.25, -0.2) is 0 Å². The summed E-state index contributed by atoms with van der Waals surface area (Å²) >= 11 is 0. The minimum absolute atomic E-state index is 0.391. The Hall–Kier alpha value is -0.860. The summed E-state index contributed by atoms with van der Waals surface area (Å²) in [4.78, 5) is 0. The third-order valence-corrected chi connectivity index (χ3v) is 2.64. The molecule has 78 valence electrons. The zero-order valence-electron chi connectivity index (χ0n) is 9.09. The van der Waals surface area contributed by atoms with Gasteiger partial charge in [-0.1, -0.05) is 38.1 Å². The fraction of sp³-hybridized carbons (Fsp3) is 0.500. The number of aryl methyl sites for hydroxylation is 1. The van der Waals surface area contributed by atoms with Crippen molar-refractivity contribution in [3.8, 4) is 0 Å². The van der Waals surface area contributed by atoms with Crippen molar-refractivity contribution >= 4 is 0 Å². The molecule has 0 aliphatic carbocycles. The third-order valence-electron chi connectivity index (χ3n) is 2.64. The predicted octanol–water partition coefficient (Wildman–Crippen LogP) is 2.03. The highest BCUT2D eigenvalue weighted by atomic mass is 15.2. The Balaban J connectivity index is 2.58. The van der Waals surface area contributed by atoms with E-state index >= 15 is 0 Å². The van der Waals surface area contributed by atoms with Crippen molar-refractivity contribution in [1.82, 2.24) is 5.43 Å². The number of hydrogen-bond acceptors (Lipinski definition) is 2. The molecule has 0 bridgehead atoms. The van der Waals surface area contributed by atoms with Crippen molar-refractivity contribution in [3.05, 3.63) is 35.4 Å². The molecular formula is C12H20N2. The molecule has 0 heterocycles. The van der Waals surface area contributed by atoms with E-state index in [2.05, 4.69) is 43.5 Å². The van der Waals surface area contributed by atoms with Crippen LogP contribution in [0.4, 0.5) is 0 Å². The van der Waals surface area contributed by atoms with Gasteiger partial charge in [-0.15, -0.1) is 0 Å². The molecule has 2 heteroatoms. The molecule has 0 amide bonds. The molecule has 0 aliphatic rings. The Morgan fingerprint density at radius 1 is 1.14 bits per heavy atom. The van der Waals surface area contributed by atoms with Gasteiger partial charge in [0.05, 0.1) is 0 Å². The molecule has 0 saturated carbocycles. The highest BCUT2D eigenvalue weighted by Gasteiger charge is 2.04. The van der Waals surface area contributed by atoms with Crippen LogP contribution in [0.15, 0.2) is 24.3 Å². The zero-order valence-corrected chi connectivity index (χ0v) is 9.09. The van der Waals surface area contributed by atoms with Crippen molar-refractivity contribution in [3.63, 3.8) is 0 Å². The molecule has 14 heavy (non-hydrogen) atoms. The van der Waals surface area contributed by atoms with E-state index in [1.165, 1.54) is 11.1 Å². The summed E-state index contributed by atoms with van der Waals surface area (Å²) in [6.07, 6.45) is 3.18. The van der Waals surface area contributed by atoms with E-state index in [1.54, 1.807) is 0 Å². The van der Waals surface area contributed by atoms with Gasteiger partial charge in [-0.2, -0.15) is 0 Å². The topological polar surface area (TPSA) is 38.0 Å². The lowest BCUT2D eigenvalue weighted by Crippen LogP contribution is -2.36. The minimum Gasteiger partial charge on any atom is -0.271 e. The van der Waals surface area contributed by atoms with Crippen molar-refractivity contribution in [2.24, 2.45) is 5.84 Å². The largest absolute Gasteiger partial charge is 0.271 e. The highest BCUT2D eigenvalue weighted by molar-refractivity contribution is 5.23. The second-order valence-corrected chi connectivity index (χ2v) is 3.65. The van der Waals surface area contributed by atoms with Crippen LogP contribution in [0.25, 0.3) is 0 Å². The van der Waals surface area contributed by atoms with E-state index in [0.717, 1.165) is 19.3 Å². The summed E-state index contributed by atoms with van der Waals surface area (Å²) in [5.41, 5.74) is 5.57. The Bertz CT molecular complexity index is 250. The van der Waals surface area contributed by atoms with Gasteiger partial charge >= 0.3 is 0 Å². The molecule has 0 spiro atoms. The second kappa shape index (κ2) is 5.78. The van der Waals surface area contributed by atoms with Gasteiger partial charge in [-0.3, -0.25) is 11.3 Å². The molecule has 1 rings (SSSR count). The van der Waals surface area contributed by atoms with Gasteiger partial charge in [0.25, 0.3) is 0 Å². The van der Waals surface area contributed by atoms with Crippen molar-refractivity contribution in [1.29, 1.82) is 0 Å². The lowest BCUT2D eigenvalue weighted by molar-refractivity contribution is 0.511. The molecular weight excluding hydrogens is 172 g/mol. The van der Waals surface area contributed by atoms with Gasteiger partial charge in [-0.05, 0) is 30.4 Å². The summed E-state index contributed by atoms with van der Waals surface area (Å²) < 4.78 is 0. The fourth-order valence-corrected chi connectivity index (χ4v) is 1.52. The van der Waals surface area contributed by atoms with Crippen LogP contribution < -0.4 is 11.3 Å². The average molecular weight is 192 g/mol. The van der Waals surface area contributed by atoms with Gasteiger partial charge in [0.1, 0.15) is 0 Å². The first-order valence-electron chi connectivity index (χ1n) is 5.34. The maximum atomic E-state index is 5.44. The number of nitrogens with one attached hydrogen (secondary N) is 1. The summed E-state index contributed by atoms with van der Waals surface area (Å²) in [5, 5.41) is 0. The van der Waals surface area contributed by atoms with Gasteiger partial charge in [0.15, 0.2) is 0 Å². The van der Waals surface area contributed by atoms with Gasteiger partial charge in [0.2, 0.25) is 0 Å². The fourth-order valence-electron chi connectivity index (χ4n) is 1.52. The average Bonchev–Trinajstić information content (AvgIpc) is 2.26. The van der Waals surface area contributed by atoms with Gasteiger partial charge in [0, 0.05) is 6.04 Å². The monoisotopic (exact) mass is 192 g/mol. The van der Waals surface area contributed by atoms with Crippen molar-refractivity contribution < 1.29 is 0 Å². The van der Waals surface area contributed by atoms with E-state index in [0.29, 0.717) is 6.04 Å². The lowest BCUT2D eigenvalue weighted by Gasteiger charge is -2.13. The molecule has 0 aromatic heterocycles. The van der Waals surface area contributed by atoms with Crippen molar-refractivity contribution in [2.75, 3.05) is 0 Å². The highest BCUT2D eigenvalue weighted by Crippen LogP contribution is 2.08. The van der Waals surface area contributed by atoms with E-state index in [1.807, 2.05) is 0 Å². The molecule has 1 atom stereocenters. The Kier molecular flexibility index (Phi) is 4.63. The quantitative estimate of drug-likeness (QED) is 0.553. The Morgan fingerprint density at radius 2 is 1.71 bits per heavy atom. The first-order chi connectivity index (χ1) is 6.80. The minimum atomic E-state index is 0.391. The molecule has 1 aromatic rings. The van der Waals surface area contributed by atoms with Crippen LogP contribution in [-0.4, -0.2) is 6.04 Å². The number of nitrogens with two attached hydrogens (primary N) is 1. The molecule has 1 unspecified atom stereocenters. The molecule has 0 saturated heterocycles. The number of rotatable bonds is 5. The summed E-state index contributed by atoms with van der Waals surface area (Å²) in [7, 11) is 0. The maximum absolute atomic E-state index is 5.44. The summed E-state index contributed by atoms with van der Waals surface area (Å²) in [5.74, 6) is 5.44. The van der Waals surface area contributed by atoms with E-state index in [-0.39, 0.29) is 0 Å². The van der Waals surface area contributed by atoms with E-state index in [9.17, 15) is 0 Å². The Labute approximate surface area is 86.5 Å². The zero-order chi connectivity index (χ0) is 10.4. The maximum Gasteiger partial charge on any atom is 0.0248 e. The van der Waals surface area contributed by atoms with Crippen LogP contribution in [0.1, 0.15) is 31.4 Å². The SMILES string of the molecule is CCc1ccc(CC(CC)NN)cc1. The number of hydrogen-bond donors (Lipinski definition) is 2. The van der Waals surface area contributed by atoms with Crippen LogP contribution in [0.3, 0.4) is 0 Å². The first-order valence-corrected chi connectivity index (χ1v) is 5.34. The van der Waals surface area contributed by atoms with Crippen LogP contribution in [0, 0.1) is 0 Å². The smallest absolute Gasteiger partial charge is 0.0248 e. The lowest BCUT2D eigenvalue weighted by atomic mass is 10.0. The van der Waals surface area contributed by atoms with Crippen LogP contribution in [0.5, 0.6) is 0 Å². The Morgan fingerprint density at radius 3 is 2.14 bits per heavy atom. The first kappa shape index (κ1) is 11.2.